The second kappa shape index (κ2) is 5.01. The highest BCUT2D eigenvalue weighted by Gasteiger charge is 2.09. The number of nitrogens with zero attached hydrogens (tertiary/aromatic N) is 1. The molecule has 0 fully saturated rings. The molecule has 1 aromatic heterocycles. The summed E-state index contributed by atoms with van der Waals surface area (Å²) in [7, 11) is 0. The molecule has 3 nitrogen and oxygen atoms in total. The van der Waals surface area contributed by atoms with E-state index in [1.54, 1.807) is 25.1 Å². The molecule has 0 saturated heterocycles. The summed E-state index contributed by atoms with van der Waals surface area (Å²) in [5, 5.41) is 0.526. The summed E-state index contributed by atoms with van der Waals surface area (Å²) < 4.78 is 32.5. The summed E-state index contributed by atoms with van der Waals surface area (Å²) >= 11 is 0. The third-order valence-electron chi connectivity index (χ3n) is 3.06. The first-order valence-electron chi connectivity index (χ1n) is 6.33. The SMILES string of the molecule is Cc1cc(Oc2ccc(N)c(F)c2)c2cc(F)ccc2n1. The molecule has 5 heteroatoms. The van der Waals surface area contributed by atoms with Crippen LogP contribution in [0.5, 0.6) is 11.5 Å². The Morgan fingerprint density at radius 1 is 1.05 bits per heavy atom. The lowest BCUT2D eigenvalue weighted by Gasteiger charge is -2.10. The maximum Gasteiger partial charge on any atom is 0.149 e. The van der Waals surface area contributed by atoms with Gasteiger partial charge in [-0.25, -0.2) is 8.78 Å². The largest absolute Gasteiger partial charge is 0.456 e. The Bertz CT molecular complexity index is 834. The Morgan fingerprint density at radius 2 is 1.86 bits per heavy atom. The first-order valence-corrected chi connectivity index (χ1v) is 6.33. The smallest absolute Gasteiger partial charge is 0.149 e. The lowest BCUT2D eigenvalue weighted by atomic mass is 10.2. The first kappa shape index (κ1) is 13.3. The molecule has 2 N–H and O–H groups in total. The number of benzene rings is 2. The van der Waals surface area contributed by atoms with Crippen molar-refractivity contribution in [3.05, 3.63) is 59.8 Å². The van der Waals surface area contributed by atoms with Crippen molar-refractivity contribution in [2.45, 2.75) is 6.92 Å². The molecule has 3 rings (SSSR count). The fraction of sp³-hybridized carbons (Fsp3) is 0.0625. The van der Waals surface area contributed by atoms with Gasteiger partial charge in [0.15, 0.2) is 0 Å². The molecule has 0 bridgehead atoms. The lowest BCUT2D eigenvalue weighted by molar-refractivity contribution is 0.481. The highest BCUT2D eigenvalue weighted by molar-refractivity contribution is 5.85. The van der Waals surface area contributed by atoms with Crippen molar-refractivity contribution in [1.82, 2.24) is 4.98 Å². The Balaban J connectivity index is 2.10. The van der Waals surface area contributed by atoms with Gasteiger partial charge in [-0.2, -0.15) is 0 Å². The molecule has 21 heavy (non-hydrogen) atoms. The number of aryl methyl sites for hydroxylation is 1. The number of pyridine rings is 1. The van der Waals surface area contributed by atoms with Crippen LogP contribution in [0.4, 0.5) is 14.5 Å². The van der Waals surface area contributed by atoms with Gasteiger partial charge in [0.1, 0.15) is 23.1 Å². The van der Waals surface area contributed by atoms with Crippen molar-refractivity contribution in [3.8, 4) is 11.5 Å². The van der Waals surface area contributed by atoms with Crippen LogP contribution >= 0.6 is 0 Å². The fourth-order valence-electron chi connectivity index (χ4n) is 2.08. The number of aromatic nitrogens is 1. The number of hydrogen-bond acceptors (Lipinski definition) is 3. The molecule has 106 valence electrons. The van der Waals surface area contributed by atoms with Crippen molar-refractivity contribution < 1.29 is 13.5 Å². The van der Waals surface area contributed by atoms with Gasteiger partial charge in [0, 0.05) is 23.2 Å². The van der Waals surface area contributed by atoms with E-state index in [4.69, 9.17) is 10.5 Å². The number of ether oxygens (including phenoxy) is 1. The van der Waals surface area contributed by atoms with E-state index in [2.05, 4.69) is 4.98 Å². The third kappa shape index (κ3) is 2.63. The van der Waals surface area contributed by atoms with Gasteiger partial charge < -0.3 is 10.5 Å². The molecule has 0 aliphatic rings. The van der Waals surface area contributed by atoms with E-state index in [9.17, 15) is 8.78 Å². The summed E-state index contributed by atoms with van der Waals surface area (Å²) in [6.45, 7) is 1.80. The van der Waals surface area contributed by atoms with E-state index in [1.165, 1.54) is 24.3 Å². The van der Waals surface area contributed by atoms with E-state index >= 15 is 0 Å². The molecule has 0 radical (unpaired) electrons. The van der Waals surface area contributed by atoms with Gasteiger partial charge in [-0.1, -0.05) is 0 Å². The van der Waals surface area contributed by atoms with Crippen LogP contribution in [0, 0.1) is 18.6 Å². The van der Waals surface area contributed by atoms with Crippen LogP contribution in [0.25, 0.3) is 10.9 Å². The standard InChI is InChI=1S/C16H12F2N2O/c1-9-6-16(12-7-10(17)2-5-15(12)20-9)21-11-3-4-14(19)13(18)8-11/h2-8H,19H2,1H3. The minimum Gasteiger partial charge on any atom is -0.456 e. The van der Waals surface area contributed by atoms with Gasteiger partial charge in [-0.15, -0.1) is 0 Å². The Morgan fingerprint density at radius 3 is 2.62 bits per heavy atom. The molecular weight excluding hydrogens is 274 g/mol. The van der Waals surface area contributed by atoms with Crippen LogP contribution in [-0.4, -0.2) is 4.98 Å². The quantitative estimate of drug-likeness (QED) is 0.718. The number of halogens is 2. The molecular formula is C16H12F2N2O. The molecule has 0 aliphatic carbocycles. The van der Waals surface area contributed by atoms with E-state index in [-0.39, 0.29) is 17.3 Å². The summed E-state index contributed by atoms with van der Waals surface area (Å²) in [5.41, 5.74) is 6.81. The van der Waals surface area contributed by atoms with Crippen molar-refractivity contribution >= 4 is 16.6 Å². The Labute approximate surface area is 120 Å². The molecule has 0 unspecified atom stereocenters. The predicted octanol–water partition coefficient (Wildman–Crippen LogP) is 4.20. The first-order chi connectivity index (χ1) is 10.0. The molecule has 1 heterocycles. The highest BCUT2D eigenvalue weighted by atomic mass is 19.1. The van der Waals surface area contributed by atoms with E-state index in [0.29, 0.717) is 16.7 Å². The maximum atomic E-state index is 13.5. The molecule has 0 amide bonds. The molecule has 0 spiro atoms. The lowest BCUT2D eigenvalue weighted by Crippen LogP contribution is -1.94. The van der Waals surface area contributed by atoms with Gasteiger partial charge in [-0.3, -0.25) is 4.98 Å². The van der Waals surface area contributed by atoms with Gasteiger partial charge in [-0.05, 0) is 37.3 Å². The van der Waals surface area contributed by atoms with Crippen LogP contribution in [-0.2, 0) is 0 Å². The number of rotatable bonds is 2. The van der Waals surface area contributed by atoms with Crippen molar-refractivity contribution in [1.29, 1.82) is 0 Å². The average molecular weight is 286 g/mol. The number of fused-ring (bicyclic) bond motifs is 1. The molecule has 0 saturated carbocycles. The van der Waals surface area contributed by atoms with E-state index < -0.39 is 5.82 Å². The van der Waals surface area contributed by atoms with Gasteiger partial charge in [0.2, 0.25) is 0 Å². The Kier molecular flexibility index (Phi) is 3.17. The number of nitrogen functional groups attached to an aromatic ring is 1. The van der Waals surface area contributed by atoms with Gasteiger partial charge >= 0.3 is 0 Å². The summed E-state index contributed by atoms with van der Waals surface area (Å²) in [6, 6.07) is 10.1. The van der Waals surface area contributed by atoms with Crippen molar-refractivity contribution in [3.63, 3.8) is 0 Å². The third-order valence-corrected chi connectivity index (χ3v) is 3.06. The van der Waals surface area contributed by atoms with Crippen LogP contribution in [0.2, 0.25) is 0 Å². The maximum absolute atomic E-state index is 13.5. The second-order valence-electron chi connectivity index (χ2n) is 4.71. The number of hydrogen-bond donors (Lipinski definition) is 1. The zero-order chi connectivity index (χ0) is 15.0. The van der Waals surface area contributed by atoms with E-state index in [0.717, 1.165) is 5.69 Å². The molecule has 3 aromatic rings. The van der Waals surface area contributed by atoms with Gasteiger partial charge in [0.05, 0.1) is 11.2 Å². The summed E-state index contributed by atoms with van der Waals surface area (Å²) in [5.74, 6) is -0.241. The molecule has 0 aliphatic heterocycles. The fourth-order valence-corrected chi connectivity index (χ4v) is 2.08. The van der Waals surface area contributed by atoms with Crippen molar-refractivity contribution in [2.24, 2.45) is 0 Å². The minimum atomic E-state index is -0.561. The van der Waals surface area contributed by atoms with Crippen LogP contribution in [0.3, 0.4) is 0 Å². The second-order valence-corrected chi connectivity index (χ2v) is 4.71. The number of anilines is 1. The summed E-state index contributed by atoms with van der Waals surface area (Å²) in [4.78, 5) is 4.31. The van der Waals surface area contributed by atoms with Crippen molar-refractivity contribution in [2.75, 3.05) is 5.73 Å². The topological polar surface area (TPSA) is 48.1 Å². The normalized spacial score (nSPS) is 10.8. The number of nitrogens with two attached hydrogens (primary N) is 1. The monoisotopic (exact) mass is 286 g/mol. The van der Waals surface area contributed by atoms with Crippen LogP contribution in [0.15, 0.2) is 42.5 Å². The minimum absolute atomic E-state index is 0.0455. The predicted molar refractivity (Wildman–Crippen MR) is 77.3 cm³/mol. The van der Waals surface area contributed by atoms with Crippen LogP contribution < -0.4 is 10.5 Å². The Hall–Kier alpha value is -2.69. The van der Waals surface area contributed by atoms with Gasteiger partial charge in [0.25, 0.3) is 0 Å². The van der Waals surface area contributed by atoms with E-state index in [1.807, 2.05) is 0 Å². The molecule has 2 aromatic carbocycles. The zero-order valence-electron chi connectivity index (χ0n) is 11.2. The van der Waals surface area contributed by atoms with Crippen LogP contribution in [0.1, 0.15) is 5.69 Å². The summed E-state index contributed by atoms with van der Waals surface area (Å²) in [6.07, 6.45) is 0. The highest BCUT2D eigenvalue weighted by Crippen LogP contribution is 2.31. The molecule has 0 atom stereocenters. The zero-order valence-corrected chi connectivity index (χ0v) is 11.2. The average Bonchev–Trinajstić information content (AvgIpc) is 2.43.